The highest BCUT2D eigenvalue weighted by molar-refractivity contribution is 7.91. The van der Waals surface area contributed by atoms with Gasteiger partial charge in [0.1, 0.15) is 5.60 Å². The molecule has 0 bridgehead atoms. The molecule has 1 unspecified atom stereocenters. The Labute approximate surface area is 88.3 Å². The first-order chi connectivity index (χ1) is 6.96. The Morgan fingerprint density at radius 2 is 2.27 bits per heavy atom. The van der Waals surface area contributed by atoms with Gasteiger partial charge in [-0.2, -0.15) is 0 Å². The Balaban J connectivity index is 2.12. The number of rotatable bonds is 2. The molecule has 15 heavy (non-hydrogen) atoms. The molecule has 86 valence electrons. The number of ether oxygens (including phenoxy) is 1. The topological polar surface area (TPSA) is 89.7 Å². The van der Waals surface area contributed by atoms with Gasteiger partial charge in [0.2, 0.25) is 0 Å². The van der Waals surface area contributed by atoms with Crippen molar-refractivity contribution in [2.24, 2.45) is 5.73 Å². The fourth-order valence-corrected chi connectivity index (χ4v) is 4.04. The van der Waals surface area contributed by atoms with E-state index in [2.05, 4.69) is 0 Å². The number of carbonyl (C=O) groups excluding carboxylic acids is 1. The molecule has 0 aromatic heterocycles. The van der Waals surface area contributed by atoms with E-state index in [-0.39, 0.29) is 11.5 Å². The molecule has 0 saturated carbocycles. The zero-order chi connectivity index (χ0) is 11.1. The van der Waals surface area contributed by atoms with Crippen LogP contribution in [0.5, 0.6) is 0 Å². The van der Waals surface area contributed by atoms with E-state index < -0.39 is 21.5 Å². The van der Waals surface area contributed by atoms with Gasteiger partial charge in [-0.3, -0.25) is 0 Å². The lowest BCUT2D eigenvalue weighted by Crippen LogP contribution is -2.37. The van der Waals surface area contributed by atoms with E-state index in [9.17, 15) is 13.2 Å². The molecule has 1 amide bonds. The highest BCUT2D eigenvalue weighted by Gasteiger charge is 2.51. The van der Waals surface area contributed by atoms with Crippen molar-refractivity contribution in [3.05, 3.63) is 0 Å². The summed E-state index contributed by atoms with van der Waals surface area (Å²) in [5.41, 5.74) is 4.54. The Morgan fingerprint density at radius 1 is 1.53 bits per heavy atom. The number of sulfone groups is 1. The van der Waals surface area contributed by atoms with Gasteiger partial charge in [-0.1, -0.05) is 0 Å². The van der Waals surface area contributed by atoms with Crippen LogP contribution in [-0.2, 0) is 14.6 Å². The van der Waals surface area contributed by atoms with Crippen LogP contribution < -0.4 is 5.73 Å². The van der Waals surface area contributed by atoms with E-state index in [0.29, 0.717) is 26.1 Å². The van der Waals surface area contributed by atoms with Crippen molar-refractivity contribution < 1.29 is 17.9 Å². The van der Waals surface area contributed by atoms with E-state index in [1.807, 2.05) is 0 Å². The van der Waals surface area contributed by atoms with Gasteiger partial charge in [0.15, 0.2) is 9.84 Å². The molecule has 2 rings (SSSR count). The summed E-state index contributed by atoms with van der Waals surface area (Å²) < 4.78 is 27.8. The summed E-state index contributed by atoms with van der Waals surface area (Å²) in [5.74, 6) is 0.0591. The number of nitrogens with zero attached hydrogens (tertiary/aromatic N) is 1. The first-order valence-corrected chi connectivity index (χ1v) is 6.67. The summed E-state index contributed by atoms with van der Waals surface area (Å²) in [6.45, 7) is 1.13. The van der Waals surface area contributed by atoms with Crippen LogP contribution in [-0.4, -0.2) is 56.2 Å². The zero-order valence-corrected chi connectivity index (χ0v) is 9.12. The van der Waals surface area contributed by atoms with Gasteiger partial charge in [-0.15, -0.1) is 0 Å². The third-order valence-corrected chi connectivity index (χ3v) is 4.58. The number of amides is 1. The molecule has 2 N–H and O–H groups in total. The second kappa shape index (κ2) is 3.34. The number of hydrogen-bond donors (Lipinski definition) is 1. The van der Waals surface area contributed by atoms with Crippen LogP contribution in [0, 0.1) is 0 Å². The fraction of sp³-hybridized carbons (Fsp3) is 0.875. The number of carbonyl (C=O) groups is 1. The smallest absolute Gasteiger partial charge is 0.410 e. The molecule has 2 saturated heterocycles. The Bertz CT molecular complexity index is 380. The minimum Gasteiger partial charge on any atom is -0.440 e. The summed E-state index contributed by atoms with van der Waals surface area (Å²) in [6, 6.07) is 0. The van der Waals surface area contributed by atoms with Gasteiger partial charge < -0.3 is 15.4 Å². The van der Waals surface area contributed by atoms with Crippen molar-refractivity contribution in [3.63, 3.8) is 0 Å². The summed E-state index contributed by atoms with van der Waals surface area (Å²) in [5, 5.41) is 0. The summed E-state index contributed by atoms with van der Waals surface area (Å²) >= 11 is 0. The Kier molecular flexibility index (Phi) is 2.38. The van der Waals surface area contributed by atoms with Crippen LogP contribution in [0.3, 0.4) is 0 Å². The maximum Gasteiger partial charge on any atom is 0.410 e. The lowest BCUT2D eigenvalue weighted by Gasteiger charge is -2.18. The molecule has 1 atom stereocenters. The molecule has 0 aromatic carbocycles. The molecule has 0 aliphatic carbocycles. The fourth-order valence-electron chi connectivity index (χ4n) is 2.11. The molecule has 0 radical (unpaired) electrons. The van der Waals surface area contributed by atoms with Crippen LogP contribution in [0.1, 0.15) is 6.42 Å². The van der Waals surface area contributed by atoms with Crippen molar-refractivity contribution >= 4 is 15.9 Å². The van der Waals surface area contributed by atoms with Crippen LogP contribution in [0.4, 0.5) is 4.79 Å². The van der Waals surface area contributed by atoms with E-state index in [1.165, 1.54) is 4.90 Å². The Hall–Kier alpha value is -0.820. The molecular formula is C8H14N2O4S. The molecule has 1 spiro atoms. The maximum atomic E-state index is 11.4. The van der Waals surface area contributed by atoms with Crippen molar-refractivity contribution in [1.29, 1.82) is 0 Å². The van der Waals surface area contributed by atoms with Crippen LogP contribution in [0.25, 0.3) is 0 Å². The normalized spacial score (nSPS) is 33.7. The SMILES string of the molecule is NCCN1CC2(CCS(=O)(=O)C2)OC1=O. The molecule has 6 nitrogen and oxygen atoms in total. The zero-order valence-electron chi connectivity index (χ0n) is 8.31. The first kappa shape index (κ1) is 10.7. The van der Waals surface area contributed by atoms with Crippen LogP contribution >= 0.6 is 0 Å². The van der Waals surface area contributed by atoms with Crippen molar-refractivity contribution in [1.82, 2.24) is 4.90 Å². The quantitative estimate of drug-likeness (QED) is 0.658. The molecule has 2 aliphatic rings. The van der Waals surface area contributed by atoms with E-state index in [1.54, 1.807) is 0 Å². The minimum absolute atomic E-state index is 0.0488. The summed E-state index contributed by atoms with van der Waals surface area (Å²) in [4.78, 5) is 12.9. The largest absolute Gasteiger partial charge is 0.440 e. The molecule has 2 heterocycles. The average molecular weight is 234 g/mol. The van der Waals surface area contributed by atoms with Gasteiger partial charge in [-0.05, 0) is 0 Å². The van der Waals surface area contributed by atoms with E-state index in [0.717, 1.165) is 0 Å². The predicted molar refractivity (Wildman–Crippen MR) is 53.1 cm³/mol. The standard InChI is InChI=1S/C8H14N2O4S/c9-2-3-10-5-8(14-7(10)11)1-4-15(12,13)6-8/h1-6,9H2. The number of nitrogens with two attached hydrogens (primary N) is 1. The maximum absolute atomic E-state index is 11.4. The van der Waals surface area contributed by atoms with Crippen LogP contribution in [0.2, 0.25) is 0 Å². The van der Waals surface area contributed by atoms with Gasteiger partial charge in [-0.25, -0.2) is 13.2 Å². The second-order valence-corrected chi connectivity index (χ2v) is 6.29. The minimum atomic E-state index is -3.04. The lowest BCUT2D eigenvalue weighted by atomic mass is 10.0. The predicted octanol–water partition coefficient (Wildman–Crippen LogP) is -1.05. The van der Waals surface area contributed by atoms with E-state index in [4.69, 9.17) is 10.5 Å². The first-order valence-electron chi connectivity index (χ1n) is 4.85. The molecule has 7 heteroatoms. The van der Waals surface area contributed by atoms with Crippen molar-refractivity contribution in [3.8, 4) is 0 Å². The van der Waals surface area contributed by atoms with Gasteiger partial charge in [0.05, 0.1) is 18.1 Å². The third kappa shape index (κ3) is 1.93. The van der Waals surface area contributed by atoms with Crippen molar-refractivity contribution in [2.45, 2.75) is 12.0 Å². The monoisotopic (exact) mass is 234 g/mol. The van der Waals surface area contributed by atoms with Gasteiger partial charge in [0.25, 0.3) is 0 Å². The average Bonchev–Trinajstić information content (AvgIpc) is 2.56. The molecular weight excluding hydrogens is 220 g/mol. The highest BCUT2D eigenvalue weighted by atomic mass is 32.2. The van der Waals surface area contributed by atoms with Gasteiger partial charge in [0, 0.05) is 19.5 Å². The third-order valence-electron chi connectivity index (χ3n) is 2.79. The summed E-state index contributed by atoms with van der Waals surface area (Å²) in [7, 11) is -3.04. The van der Waals surface area contributed by atoms with Crippen LogP contribution in [0.15, 0.2) is 0 Å². The lowest BCUT2D eigenvalue weighted by molar-refractivity contribution is 0.0772. The second-order valence-electron chi connectivity index (χ2n) is 4.10. The van der Waals surface area contributed by atoms with Gasteiger partial charge >= 0.3 is 6.09 Å². The highest BCUT2D eigenvalue weighted by Crippen LogP contribution is 2.33. The summed E-state index contributed by atoms with van der Waals surface area (Å²) in [6.07, 6.45) is -0.0418. The van der Waals surface area contributed by atoms with E-state index >= 15 is 0 Å². The Morgan fingerprint density at radius 3 is 2.80 bits per heavy atom. The molecule has 2 aliphatic heterocycles. The van der Waals surface area contributed by atoms with Crippen molar-refractivity contribution in [2.75, 3.05) is 31.1 Å². The number of hydrogen-bond acceptors (Lipinski definition) is 5. The molecule has 2 fully saturated rings. The molecule has 0 aromatic rings.